The first kappa shape index (κ1) is 14.9. The van der Waals surface area contributed by atoms with E-state index in [1.807, 2.05) is 29.6 Å². The Balaban J connectivity index is 1.50. The smallest absolute Gasteiger partial charge is 0.249 e. The number of hydrogen-bond acceptors (Lipinski definition) is 6. The molecule has 0 aliphatic heterocycles. The Kier molecular flexibility index (Phi) is 3.36. The Morgan fingerprint density at radius 2 is 1.77 bits per heavy atom. The summed E-state index contributed by atoms with van der Waals surface area (Å²) in [5, 5.41) is 9.53. The van der Waals surface area contributed by atoms with Crippen LogP contribution in [0.25, 0.3) is 27.3 Å². The molecular weight excluding hydrogens is 351 g/mol. The molecule has 3 heterocycles. The minimum Gasteiger partial charge on any atom is -0.306 e. The molecule has 0 amide bonds. The summed E-state index contributed by atoms with van der Waals surface area (Å²) < 4.78 is 14.9. The first-order valence-corrected chi connectivity index (χ1v) is 8.73. The number of benzene rings is 2. The molecule has 0 spiro atoms. The minimum atomic E-state index is -0.268. The molecule has 8 heteroatoms. The summed E-state index contributed by atoms with van der Waals surface area (Å²) in [6.45, 7) is 0. The maximum Gasteiger partial charge on any atom is 0.249 e. The summed E-state index contributed by atoms with van der Waals surface area (Å²) in [4.78, 5) is 14.1. The average Bonchev–Trinajstić information content (AvgIpc) is 3.22. The second-order valence-corrected chi connectivity index (χ2v) is 6.46. The molecule has 5 aromatic rings. The van der Waals surface area contributed by atoms with Gasteiger partial charge in [-0.3, -0.25) is 4.98 Å². The lowest BCUT2D eigenvalue weighted by atomic mass is 10.2. The molecule has 0 saturated carbocycles. The standard InChI is InChI=1S/C18H11FN6S/c19-12-7-5-11(6-8-12)15-10-26-18-23-17(24-25(15)18)22-16-9-20-13-3-1-2-4-14(13)21-16/h1-10H,(H,21,22,24). The van der Waals surface area contributed by atoms with Gasteiger partial charge in [0.1, 0.15) is 5.82 Å². The van der Waals surface area contributed by atoms with Crippen LogP contribution in [0.15, 0.2) is 60.1 Å². The van der Waals surface area contributed by atoms with Gasteiger partial charge in [0.25, 0.3) is 0 Å². The molecule has 5 rings (SSSR count). The molecule has 6 nitrogen and oxygen atoms in total. The van der Waals surface area contributed by atoms with Gasteiger partial charge in [-0.1, -0.05) is 12.1 Å². The summed E-state index contributed by atoms with van der Waals surface area (Å²) in [6, 6.07) is 14.0. The summed E-state index contributed by atoms with van der Waals surface area (Å²) >= 11 is 1.47. The van der Waals surface area contributed by atoms with Crippen LogP contribution in [0.2, 0.25) is 0 Å². The van der Waals surface area contributed by atoms with E-state index in [-0.39, 0.29) is 5.82 Å². The van der Waals surface area contributed by atoms with E-state index in [4.69, 9.17) is 0 Å². The van der Waals surface area contributed by atoms with Crippen molar-refractivity contribution in [3.63, 3.8) is 0 Å². The Morgan fingerprint density at radius 1 is 0.962 bits per heavy atom. The number of anilines is 2. The van der Waals surface area contributed by atoms with Crippen LogP contribution in [0.5, 0.6) is 0 Å². The number of aromatic nitrogens is 5. The van der Waals surface area contributed by atoms with Crippen LogP contribution in [0.3, 0.4) is 0 Å². The second-order valence-electron chi connectivity index (χ2n) is 5.63. The van der Waals surface area contributed by atoms with E-state index in [2.05, 4.69) is 25.4 Å². The van der Waals surface area contributed by atoms with Crippen LogP contribution in [0.4, 0.5) is 16.2 Å². The number of fused-ring (bicyclic) bond motifs is 2. The molecule has 26 heavy (non-hydrogen) atoms. The van der Waals surface area contributed by atoms with E-state index < -0.39 is 0 Å². The van der Waals surface area contributed by atoms with Crippen molar-refractivity contribution in [1.82, 2.24) is 24.6 Å². The summed E-state index contributed by atoms with van der Waals surface area (Å²) in [6.07, 6.45) is 1.65. The van der Waals surface area contributed by atoms with E-state index >= 15 is 0 Å². The number of nitrogens with zero attached hydrogens (tertiary/aromatic N) is 5. The molecule has 0 saturated heterocycles. The van der Waals surface area contributed by atoms with Crippen LogP contribution >= 0.6 is 11.3 Å². The monoisotopic (exact) mass is 362 g/mol. The van der Waals surface area contributed by atoms with Crippen LogP contribution in [0.1, 0.15) is 0 Å². The third-order valence-electron chi connectivity index (χ3n) is 3.91. The van der Waals surface area contributed by atoms with Gasteiger partial charge in [-0.05, 0) is 36.4 Å². The van der Waals surface area contributed by atoms with Gasteiger partial charge in [0.05, 0.1) is 22.9 Å². The number of nitrogens with one attached hydrogen (secondary N) is 1. The quantitative estimate of drug-likeness (QED) is 0.519. The molecule has 2 aromatic carbocycles. The van der Waals surface area contributed by atoms with Gasteiger partial charge >= 0.3 is 0 Å². The van der Waals surface area contributed by atoms with Gasteiger partial charge in [0, 0.05) is 10.9 Å². The second kappa shape index (κ2) is 5.85. The number of rotatable bonds is 3. The first-order valence-electron chi connectivity index (χ1n) is 7.85. The highest BCUT2D eigenvalue weighted by atomic mass is 32.1. The van der Waals surface area contributed by atoms with E-state index in [0.29, 0.717) is 11.8 Å². The third-order valence-corrected chi connectivity index (χ3v) is 4.73. The average molecular weight is 362 g/mol. The Morgan fingerprint density at radius 3 is 2.62 bits per heavy atom. The highest BCUT2D eigenvalue weighted by Gasteiger charge is 2.12. The highest BCUT2D eigenvalue weighted by molar-refractivity contribution is 7.15. The molecule has 1 N–H and O–H groups in total. The molecule has 0 bridgehead atoms. The number of hydrogen-bond donors (Lipinski definition) is 1. The topological polar surface area (TPSA) is 68.0 Å². The van der Waals surface area contributed by atoms with E-state index in [1.165, 1.54) is 23.5 Å². The van der Waals surface area contributed by atoms with Crippen LogP contribution in [-0.4, -0.2) is 24.6 Å². The SMILES string of the molecule is Fc1ccc(-c2csc3nc(Nc4cnc5ccccc5n4)nn23)cc1. The predicted octanol–water partition coefficient (Wildman–Crippen LogP) is 4.28. The first-order chi connectivity index (χ1) is 12.8. The molecule has 0 atom stereocenters. The van der Waals surface area contributed by atoms with E-state index in [0.717, 1.165) is 27.3 Å². The predicted molar refractivity (Wildman–Crippen MR) is 99.1 cm³/mol. The normalized spacial score (nSPS) is 11.3. The van der Waals surface area contributed by atoms with Crippen molar-refractivity contribution in [1.29, 1.82) is 0 Å². The molecule has 0 unspecified atom stereocenters. The van der Waals surface area contributed by atoms with Gasteiger partial charge in [-0.25, -0.2) is 13.9 Å². The summed E-state index contributed by atoms with van der Waals surface area (Å²) in [5.74, 6) is 0.742. The van der Waals surface area contributed by atoms with Gasteiger partial charge in [-0.2, -0.15) is 4.98 Å². The number of para-hydroxylation sites is 2. The largest absolute Gasteiger partial charge is 0.306 e. The van der Waals surface area contributed by atoms with Crippen molar-refractivity contribution in [3.8, 4) is 11.3 Å². The fraction of sp³-hybridized carbons (Fsp3) is 0. The van der Waals surface area contributed by atoms with Crippen molar-refractivity contribution in [3.05, 3.63) is 65.9 Å². The minimum absolute atomic E-state index is 0.268. The van der Waals surface area contributed by atoms with Crippen molar-refractivity contribution in [2.75, 3.05) is 5.32 Å². The molecular formula is C18H11FN6S. The van der Waals surface area contributed by atoms with Gasteiger partial charge in [-0.15, -0.1) is 16.4 Å². The molecule has 126 valence electrons. The number of thiazole rings is 1. The van der Waals surface area contributed by atoms with Crippen LogP contribution in [0, 0.1) is 5.82 Å². The Bertz CT molecular complexity index is 1230. The zero-order valence-corrected chi connectivity index (χ0v) is 14.1. The van der Waals surface area contributed by atoms with Crippen molar-refractivity contribution >= 4 is 39.1 Å². The summed E-state index contributed by atoms with van der Waals surface area (Å²) in [7, 11) is 0. The Labute approximate surface area is 151 Å². The van der Waals surface area contributed by atoms with Crippen LogP contribution in [-0.2, 0) is 0 Å². The molecule has 3 aromatic heterocycles. The van der Waals surface area contributed by atoms with Gasteiger partial charge in [0.2, 0.25) is 10.9 Å². The van der Waals surface area contributed by atoms with Crippen molar-refractivity contribution in [2.24, 2.45) is 0 Å². The van der Waals surface area contributed by atoms with Crippen molar-refractivity contribution < 1.29 is 4.39 Å². The lowest BCUT2D eigenvalue weighted by molar-refractivity contribution is 0.628. The molecule has 0 aliphatic rings. The zero-order valence-electron chi connectivity index (χ0n) is 13.3. The third kappa shape index (κ3) is 2.56. The van der Waals surface area contributed by atoms with Crippen molar-refractivity contribution in [2.45, 2.75) is 0 Å². The maximum absolute atomic E-state index is 13.1. The highest BCUT2D eigenvalue weighted by Crippen LogP contribution is 2.26. The summed E-state index contributed by atoms with van der Waals surface area (Å²) in [5.41, 5.74) is 3.36. The van der Waals surface area contributed by atoms with E-state index in [1.54, 1.807) is 22.8 Å². The van der Waals surface area contributed by atoms with Gasteiger partial charge in [0.15, 0.2) is 5.82 Å². The van der Waals surface area contributed by atoms with Gasteiger partial charge < -0.3 is 5.32 Å². The number of halogens is 1. The molecule has 0 radical (unpaired) electrons. The lowest BCUT2D eigenvalue weighted by Crippen LogP contribution is -1.98. The fourth-order valence-electron chi connectivity index (χ4n) is 2.69. The fourth-order valence-corrected chi connectivity index (χ4v) is 3.52. The maximum atomic E-state index is 13.1. The molecule has 0 aliphatic carbocycles. The van der Waals surface area contributed by atoms with Crippen LogP contribution < -0.4 is 5.32 Å². The lowest BCUT2D eigenvalue weighted by Gasteiger charge is -2.02. The molecule has 0 fully saturated rings. The Hall–Kier alpha value is -3.39. The zero-order chi connectivity index (χ0) is 17.5. The van der Waals surface area contributed by atoms with E-state index in [9.17, 15) is 4.39 Å².